The van der Waals surface area contributed by atoms with E-state index in [-0.39, 0.29) is 5.41 Å². The molecule has 0 heterocycles. The summed E-state index contributed by atoms with van der Waals surface area (Å²) in [6, 6.07) is 9.04. The SMILES string of the molecule is CCCCNCC(C)Sc1ccc(C(C)(C)C)cc1. The number of hydrogen-bond acceptors (Lipinski definition) is 2. The molecule has 1 N–H and O–H groups in total. The average molecular weight is 279 g/mol. The number of thioether (sulfide) groups is 1. The highest BCUT2D eigenvalue weighted by Gasteiger charge is 2.13. The normalized spacial score (nSPS) is 13.5. The number of rotatable bonds is 7. The molecule has 0 aliphatic heterocycles. The topological polar surface area (TPSA) is 12.0 Å². The lowest BCUT2D eigenvalue weighted by atomic mass is 9.87. The Hall–Kier alpha value is -0.470. The van der Waals surface area contributed by atoms with Crippen molar-refractivity contribution in [3.8, 4) is 0 Å². The Balaban J connectivity index is 2.40. The van der Waals surface area contributed by atoms with Gasteiger partial charge in [0.05, 0.1) is 0 Å². The first-order valence-corrected chi connectivity index (χ1v) is 8.29. The van der Waals surface area contributed by atoms with Gasteiger partial charge in [-0.2, -0.15) is 0 Å². The highest BCUT2D eigenvalue weighted by Crippen LogP contribution is 2.27. The zero-order valence-electron chi connectivity index (χ0n) is 13.1. The molecule has 0 aromatic heterocycles. The summed E-state index contributed by atoms with van der Waals surface area (Å²) >= 11 is 1.96. The van der Waals surface area contributed by atoms with Gasteiger partial charge in [0, 0.05) is 16.7 Å². The average Bonchev–Trinajstić information content (AvgIpc) is 2.34. The molecule has 0 aliphatic carbocycles. The van der Waals surface area contributed by atoms with Gasteiger partial charge in [-0.1, -0.05) is 53.2 Å². The van der Waals surface area contributed by atoms with Crippen LogP contribution in [0.15, 0.2) is 29.2 Å². The fourth-order valence-electron chi connectivity index (χ4n) is 1.91. The van der Waals surface area contributed by atoms with Crippen molar-refractivity contribution in [2.24, 2.45) is 0 Å². The maximum atomic E-state index is 3.52. The summed E-state index contributed by atoms with van der Waals surface area (Å²) in [6.07, 6.45) is 2.54. The van der Waals surface area contributed by atoms with Crippen molar-refractivity contribution >= 4 is 11.8 Å². The number of benzene rings is 1. The summed E-state index contributed by atoms with van der Waals surface area (Å²) < 4.78 is 0. The van der Waals surface area contributed by atoms with Gasteiger partial charge in [-0.05, 0) is 36.1 Å². The lowest BCUT2D eigenvalue weighted by Gasteiger charge is -2.19. The summed E-state index contributed by atoms with van der Waals surface area (Å²) in [7, 11) is 0. The lowest BCUT2D eigenvalue weighted by Crippen LogP contribution is -2.23. The molecule has 0 amide bonds. The zero-order valence-corrected chi connectivity index (χ0v) is 13.9. The van der Waals surface area contributed by atoms with Crippen LogP contribution in [0.1, 0.15) is 53.0 Å². The first-order chi connectivity index (χ1) is 8.93. The van der Waals surface area contributed by atoms with Crippen LogP contribution in [0.25, 0.3) is 0 Å². The predicted octanol–water partition coefficient (Wildman–Crippen LogP) is 4.85. The second kappa shape index (κ2) is 7.96. The molecular formula is C17H29NS. The molecule has 1 unspecified atom stereocenters. The molecule has 0 saturated carbocycles. The molecule has 0 saturated heterocycles. The second-order valence-corrected chi connectivity index (χ2v) is 7.77. The Morgan fingerprint density at radius 1 is 1.16 bits per heavy atom. The predicted molar refractivity (Wildman–Crippen MR) is 88.2 cm³/mol. The van der Waals surface area contributed by atoms with E-state index in [1.807, 2.05) is 11.8 Å². The van der Waals surface area contributed by atoms with Crippen LogP contribution in [0.4, 0.5) is 0 Å². The summed E-state index contributed by atoms with van der Waals surface area (Å²) in [5.41, 5.74) is 1.65. The monoisotopic (exact) mass is 279 g/mol. The van der Waals surface area contributed by atoms with Crippen molar-refractivity contribution in [2.45, 2.75) is 63.0 Å². The van der Waals surface area contributed by atoms with E-state index in [2.05, 4.69) is 64.2 Å². The quantitative estimate of drug-likeness (QED) is 0.565. The first kappa shape index (κ1) is 16.6. The van der Waals surface area contributed by atoms with Crippen molar-refractivity contribution in [3.05, 3.63) is 29.8 Å². The Morgan fingerprint density at radius 3 is 2.32 bits per heavy atom. The van der Waals surface area contributed by atoms with Gasteiger partial charge < -0.3 is 5.32 Å². The molecule has 0 fully saturated rings. The highest BCUT2D eigenvalue weighted by atomic mass is 32.2. The van der Waals surface area contributed by atoms with E-state index in [9.17, 15) is 0 Å². The van der Waals surface area contributed by atoms with Gasteiger partial charge in [0.25, 0.3) is 0 Å². The third kappa shape index (κ3) is 6.49. The van der Waals surface area contributed by atoms with Crippen LogP contribution in [-0.4, -0.2) is 18.3 Å². The number of unbranched alkanes of at least 4 members (excludes halogenated alkanes) is 1. The molecule has 1 rings (SSSR count). The minimum atomic E-state index is 0.247. The summed E-state index contributed by atoms with van der Waals surface area (Å²) in [5.74, 6) is 0. The van der Waals surface area contributed by atoms with E-state index < -0.39 is 0 Å². The molecule has 0 spiro atoms. The Kier molecular flexibility index (Phi) is 6.95. The Bertz CT molecular complexity index is 351. The molecule has 19 heavy (non-hydrogen) atoms. The standard InChI is InChI=1S/C17H29NS/c1-6-7-12-18-13-14(2)19-16-10-8-15(9-11-16)17(3,4)5/h8-11,14,18H,6-7,12-13H2,1-5H3. The fourth-order valence-corrected chi connectivity index (χ4v) is 2.87. The third-order valence-electron chi connectivity index (χ3n) is 3.20. The number of hydrogen-bond donors (Lipinski definition) is 1. The molecule has 0 aliphatic rings. The van der Waals surface area contributed by atoms with E-state index in [4.69, 9.17) is 0 Å². The highest BCUT2D eigenvalue weighted by molar-refractivity contribution is 8.00. The molecule has 0 bridgehead atoms. The maximum Gasteiger partial charge on any atom is 0.0191 e. The van der Waals surface area contributed by atoms with Crippen LogP contribution in [0.5, 0.6) is 0 Å². The van der Waals surface area contributed by atoms with Gasteiger partial charge in [-0.25, -0.2) is 0 Å². The van der Waals surface area contributed by atoms with Gasteiger partial charge in [-0.15, -0.1) is 11.8 Å². The van der Waals surface area contributed by atoms with Crippen molar-refractivity contribution < 1.29 is 0 Å². The summed E-state index contributed by atoms with van der Waals surface area (Å²) in [4.78, 5) is 1.37. The van der Waals surface area contributed by atoms with Crippen LogP contribution in [0, 0.1) is 0 Å². The van der Waals surface area contributed by atoms with Crippen molar-refractivity contribution in [1.82, 2.24) is 5.32 Å². The minimum Gasteiger partial charge on any atom is -0.316 e. The van der Waals surface area contributed by atoms with Crippen molar-refractivity contribution in [2.75, 3.05) is 13.1 Å². The van der Waals surface area contributed by atoms with E-state index in [1.54, 1.807) is 0 Å². The van der Waals surface area contributed by atoms with Gasteiger partial charge in [0.15, 0.2) is 0 Å². The molecular weight excluding hydrogens is 250 g/mol. The van der Waals surface area contributed by atoms with Crippen LogP contribution in [0.3, 0.4) is 0 Å². The van der Waals surface area contributed by atoms with Crippen LogP contribution >= 0.6 is 11.8 Å². The molecule has 0 radical (unpaired) electrons. The van der Waals surface area contributed by atoms with Crippen LogP contribution in [0.2, 0.25) is 0 Å². The van der Waals surface area contributed by atoms with Gasteiger partial charge in [-0.3, -0.25) is 0 Å². The van der Waals surface area contributed by atoms with Crippen molar-refractivity contribution in [3.63, 3.8) is 0 Å². The summed E-state index contributed by atoms with van der Waals surface area (Å²) in [6.45, 7) is 13.5. The van der Waals surface area contributed by atoms with Crippen LogP contribution in [-0.2, 0) is 5.41 Å². The largest absolute Gasteiger partial charge is 0.316 e. The van der Waals surface area contributed by atoms with Gasteiger partial charge >= 0.3 is 0 Å². The molecule has 1 aromatic carbocycles. The molecule has 1 aromatic rings. The van der Waals surface area contributed by atoms with Crippen molar-refractivity contribution in [1.29, 1.82) is 0 Å². The molecule has 2 heteroatoms. The zero-order chi connectivity index (χ0) is 14.3. The second-order valence-electron chi connectivity index (χ2n) is 6.26. The van der Waals surface area contributed by atoms with E-state index in [1.165, 1.54) is 23.3 Å². The third-order valence-corrected chi connectivity index (χ3v) is 4.31. The smallest absolute Gasteiger partial charge is 0.0191 e. The summed E-state index contributed by atoms with van der Waals surface area (Å²) in [5, 5.41) is 4.14. The molecule has 108 valence electrons. The van der Waals surface area contributed by atoms with Crippen LogP contribution < -0.4 is 5.32 Å². The molecule has 1 atom stereocenters. The van der Waals surface area contributed by atoms with E-state index >= 15 is 0 Å². The minimum absolute atomic E-state index is 0.247. The van der Waals surface area contributed by atoms with E-state index in [0.29, 0.717) is 5.25 Å². The Morgan fingerprint density at radius 2 is 1.79 bits per heavy atom. The lowest BCUT2D eigenvalue weighted by molar-refractivity contribution is 0.589. The van der Waals surface area contributed by atoms with E-state index in [0.717, 1.165) is 13.1 Å². The maximum absolute atomic E-state index is 3.52. The fraction of sp³-hybridized carbons (Fsp3) is 0.647. The van der Waals surface area contributed by atoms with Gasteiger partial charge in [0.1, 0.15) is 0 Å². The van der Waals surface area contributed by atoms with Gasteiger partial charge in [0.2, 0.25) is 0 Å². The number of nitrogens with one attached hydrogen (secondary N) is 1. The first-order valence-electron chi connectivity index (χ1n) is 7.41. The molecule has 1 nitrogen and oxygen atoms in total. The Labute approximate surface area is 123 Å².